The molecule has 2 amide bonds. The summed E-state index contributed by atoms with van der Waals surface area (Å²) in [5.41, 5.74) is 6.57. The van der Waals surface area contributed by atoms with E-state index < -0.39 is 17.4 Å². The number of anilines is 2. The smallest absolute Gasteiger partial charge is 0.269 e. The molecule has 1 saturated heterocycles. The molecule has 1 aliphatic rings. The molecule has 1 aromatic carbocycles. The Labute approximate surface area is 199 Å². The number of carbonyl (C=O) groups excluding carboxylic acids is 2. The van der Waals surface area contributed by atoms with Crippen molar-refractivity contribution in [1.82, 2.24) is 29.8 Å². The zero-order valence-electron chi connectivity index (χ0n) is 19.0. The molecule has 0 unspecified atom stereocenters. The number of likely N-dealkylation sites (N-methyl/N-ethyl adjacent to an activating group) is 1. The van der Waals surface area contributed by atoms with E-state index >= 15 is 0 Å². The number of aromatic nitrogens is 5. The first kappa shape index (κ1) is 22.2. The summed E-state index contributed by atoms with van der Waals surface area (Å²) in [5, 5.41) is 22.0. The summed E-state index contributed by atoms with van der Waals surface area (Å²) in [4.78, 5) is 34.7. The third-order valence-electron chi connectivity index (χ3n) is 5.85. The summed E-state index contributed by atoms with van der Waals surface area (Å²) in [6.45, 7) is 0.423. The second kappa shape index (κ2) is 8.33. The second-order valence-corrected chi connectivity index (χ2v) is 8.34. The number of hydrogen-bond acceptors (Lipinski definition) is 9. The van der Waals surface area contributed by atoms with E-state index in [1.54, 1.807) is 61.5 Å². The summed E-state index contributed by atoms with van der Waals surface area (Å²) >= 11 is 0. The number of nitrogens with two attached hydrogens (primary N) is 1. The number of carbonyl (C=O) groups is 2. The van der Waals surface area contributed by atoms with Gasteiger partial charge in [-0.05, 0) is 6.07 Å². The van der Waals surface area contributed by atoms with Gasteiger partial charge in [0, 0.05) is 50.5 Å². The molecular weight excluding hydrogens is 452 g/mol. The molecule has 3 aromatic heterocycles. The van der Waals surface area contributed by atoms with Gasteiger partial charge >= 0.3 is 0 Å². The average Bonchev–Trinajstić information content (AvgIpc) is 3.57. The van der Waals surface area contributed by atoms with Gasteiger partial charge in [-0.2, -0.15) is 5.10 Å². The predicted octanol–water partition coefficient (Wildman–Crippen LogP) is 1.42. The van der Waals surface area contributed by atoms with Gasteiger partial charge in [-0.3, -0.25) is 14.3 Å². The fourth-order valence-corrected chi connectivity index (χ4v) is 3.95. The maximum Gasteiger partial charge on any atom is 0.269 e. The first-order valence-corrected chi connectivity index (χ1v) is 10.7. The SMILES string of the molecule is CN1CC[C@@](O)(c2cc(-c3cccc(-c4ncc(Nc5cnn(C)c5)c(C(N)=O)n4)c3)no2)C1=O. The van der Waals surface area contributed by atoms with Crippen LogP contribution in [0.4, 0.5) is 11.4 Å². The standard InChI is InChI=1S/C23H22N8O4/c1-30-7-6-23(34,22(30)33)18-9-16(29-35-18)13-4-3-5-14(8-13)21-25-11-17(19(28-21)20(24)32)27-15-10-26-31(2)12-15/h3-5,8-12,27,34H,6-7H2,1-2H3,(H2,24,32)/t23-/m1/s1. The summed E-state index contributed by atoms with van der Waals surface area (Å²) in [6, 6.07) is 8.67. The Balaban J connectivity index is 1.45. The Morgan fingerprint density at radius 3 is 2.71 bits per heavy atom. The summed E-state index contributed by atoms with van der Waals surface area (Å²) in [7, 11) is 3.40. The van der Waals surface area contributed by atoms with Crippen LogP contribution in [0.3, 0.4) is 0 Å². The molecule has 0 spiro atoms. The van der Waals surface area contributed by atoms with Gasteiger partial charge in [-0.1, -0.05) is 23.4 Å². The number of amides is 2. The highest BCUT2D eigenvalue weighted by Crippen LogP contribution is 2.35. The normalized spacial score (nSPS) is 17.7. The number of nitrogens with one attached hydrogen (secondary N) is 1. The second-order valence-electron chi connectivity index (χ2n) is 8.34. The average molecular weight is 474 g/mol. The Kier molecular flexibility index (Phi) is 5.29. The molecule has 5 rings (SSSR count). The van der Waals surface area contributed by atoms with E-state index in [1.165, 1.54) is 11.1 Å². The van der Waals surface area contributed by atoms with E-state index in [1.807, 2.05) is 0 Å². The van der Waals surface area contributed by atoms with Gasteiger partial charge in [0.15, 0.2) is 17.3 Å². The number of nitrogens with zero attached hydrogens (tertiary/aromatic N) is 6. The highest BCUT2D eigenvalue weighted by atomic mass is 16.5. The maximum absolute atomic E-state index is 12.4. The minimum atomic E-state index is -1.73. The van der Waals surface area contributed by atoms with Crippen molar-refractivity contribution in [3.8, 4) is 22.6 Å². The van der Waals surface area contributed by atoms with Crippen LogP contribution in [0.15, 0.2) is 53.4 Å². The Bertz CT molecular complexity index is 1440. The summed E-state index contributed by atoms with van der Waals surface area (Å²) in [5.74, 6) is -0.768. The van der Waals surface area contributed by atoms with Gasteiger partial charge < -0.3 is 25.6 Å². The van der Waals surface area contributed by atoms with Crippen LogP contribution in [0.25, 0.3) is 22.6 Å². The van der Waals surface area contributed by atoms with Crippen LogP contribution in [0.1, 0.15) is 22.7 Å². The molecule has 4 aromatic rings. The van der Waals surface area contributed by atoms with E-state index in [4.69, 9.17) is 10.3 Å². The molecule has 178 valence electrons. The third kappa shape index (κ3) is 3.99. The lowest BCUT2D eigenvalue weighted by molar-refractivity contribution is -0.144. The lowest BCUT2D eigenvalue weighted by Gasteiger charge is -2.16. The van der Waals surface area contributed by atoms with Crippen molar-refractivity contribution in [2.24, 2.45) is 12.8 Å². The lowest BCUT2D eigenvalue weighted by Crippen LogP contribution is -2.35. The van der Waals surface area contributed by atoms with Crippen molar-refractivity contribution in [2.75, 3.05) is 18.9 Å². The van der Waals surface area contributed by atoms with Crippen molar-refractivity contribution in [1.29, 1.82) is 0 Å². The molecular formula is C23H22N8O4. The van der Waals surface area contributed by atoms with Crippen molar-refractivity contribution >= 4 is 23.2 Å². The lowest BCUT2D eigenvalue weighted by atomic mass is 9.98. The zero-order chi connectivity index (χ0) is 24.7. The first-order chi connectivity index (χ1) is 16.7. The van der Waals surface area contributed by atoms with E-state index in [2.05, 4.69) is 25.5 Å². The van der Waals surface area contributed by atoms with Crippen LogP contribution in [-0.2, 0) is 17.4 Å². The topological polar surface area (TPSA) is 165 Å². The fraction of sp³-hybridized carbons (Fsp3) is 0.217. The third-order valence-corrected chi connectivity index (χ3v) is 5.85. The highest BCUT2D eigenvalue weighted by Gasteiger charge is 2.48. The minimum absolute atomic E-state index is 0.0269. The molecule has 12 heteroatoms. The highest BCUT2D eigenvalue weighted by molar-refractivity contribution is 5.97. The van der Waals surface area contributed by atoms with E-state index in [0.29, 0.717) is 34.7 Å². The number of benzene rings is 1. The largest absolute Gasteiger partial charge is 0.373 e. The molecule has 12 nitrogen and oxygen atoms in total. The number of rotatable bonds is 6. The van der Waals surface area contributed by atoms with E-state index in [0.717, 1.165) is 0 Å². The van der Waals surface area contributed by atoms with Crippen LogP contribution < -0.4 is 11.1 Å². The molecule has 1 fully saturated rings. The van der Waals surface area contributed by atoms with Crippen molar-refractivity contribution in [2.45, 2.75) is 12.0 Å². The van der Waals surface area contributed by atoms with Crippen LogP contribution >= 0.6 is 0 Å². The molecule has 1 atom stereocenters. The van der Waals surface area contributed by atoms with Gasteiger partial charge in [0.2, 0.25) is 5.60 Å². The Hall–Kier alpha value is -4.58. The Morgan fingerprint density at radius 2 is 2.03 bits per heavy atom. The quantitative estimate of drug-likeness (QED) is 0.375. The van der Waals surface area contributed by atoms with Crippen LogP contribution in [0.5, 0.6) is 0 Å². The molecule has 4 heterocycles. The van der Waals surface area contributed by atoms with Gasteiger partial charge in [0.25, 0.3) is 11.8 Å². The number of aryl methyl sites for hydroxylation is 1. The van der Waals surface area contributed by atoms with Gasteiger partial charge in [0.05, 0.1) is 23.8 Å². The predicted molar refractivity (Wildman–Crippen MR) is 124 cm³/mol. The number of likely N-dealkylation sites (tertiary alicyclic amines) is 1. The van der Waals surface area contributed by atoms with Gasteiger partial charge in [-0.15, -0.1) is 0 Å². The molecule has 0 radical (unpaired) electrons. The number of primary amides is 1. The molecule has 1 aliphatic heterocycles. The van der Waals surface area contributed by atoms with Crippen molar-refractivity contribution < 1.29 is 19.2 Å². The first-order valence-electron chi connectivity index (χ1n) is 10.7. The van der Waals surface area contributed by atoms with Crippen molar-refractivity contribution in [3.05, 3.63) is 60.4 Å². The summed E-state index contributed by atoms with van der Waals surface area (Å²) < 4.78 is 6.95. The minimum Gasteiger partial charge on any atom is -0.373 e. The molecule has 0 bridgehead atoms. The van der Waals surface area contributed by atoms with E-state index in [-0.39, 0.29) is 23.7 Å². The molecule has 0 aliphatic carbocycles. The van der Waals surface area contributed by atoms with Gasteiger partial charge in [0.1, 0.15) is 5.69 Å². The number of hydrogen-bond donors (Lipinski definition) is 3. The molecule has 4 N–H and O–H groups in total. The summed E-state index contributed by atoms with van der Waals surface area (Å²) in [6.07, 6.45) is 5.04. The monoisotopic (exact) mass is 474 g/mol. The van der Waals surface area contributed by atoms with E-state index in [9.17, 15) is 14.7 Å². The van der Waals surface area contributed by atoms with Crippen molar-refractivity contribution in [3.63, 3.8) is 0 Å². The fourth-order valence-electron chi connectivity index (χ4n) is 3.95. The van der Waals surface area contributed by atoms with Gasteiger partial charge in [-0.25, -0.2) is 9.97 Å². The maximum atomic E-state index is 12.4. The van der Waals surface area contributed by atoms with Crippen LogP contribution in [-0.4, -0.2) is 60.3 Å². The molecule has 35 heavy (non-hydrogen) atoms. The number of aliphatic hydroxyl groups is 1. The Morgan fingerprint density at radius 1 is 1.23 bits per heavy atom. The molecule has 0 saturated carbocycles. The zero-order valence-corrected chi connectivity index (χ0v) is 19.0. The van der Waals surface area contributed by atoms with Crippen LogP contribution in [0.2, 0.25) is 0 Å². The van der Waals surface area contributed by atoms with Crippen LogP contribution in [0, 0.1) is 0 Å².